The molecule has 1 N–H and O–H groups in total. The number of carbonyl (C=O) groups excluding carboxylic acids is 1. The minimum absolute atomic E-state index is 0.0256. The van der Waals surface area contributed by atoms with E-state index in [1.807, 2.05) is 31.2 Å². The van der Waals surface area contributed by atoms with E-state index in [2.05, 4.69) is 31.1 Å². The molecule has 0 fully saturated rings. The fraction of sp³-hybridized carbons (Fsp3) is 0.240. The van der Waals surface area contributed by atoms with E-state index in [-0.39, 0.29) is 29.2 Å². The number of anilines is 1. The van der Waals surface area contributed by atoms with Gasteiger partial charge in [0.2, 0.25) is 5.91 Å². The number of fused-ring (bicyclic) bond motifs is 1. The van der Waals surface area contributed by atoms with Gasteiger partial charge < -0.3 is 5.32 Å². The van der Waals surface area contributed by atoms with Gasteiger partial charge in [-0.3, -0.25) is 14.2 Å². The van der Waals surface area contributed by atoms with Crippen LogP contribution in [0.25, 0.3) is 21.3 Å². The van der Waals surface area contributed by atoms with E-state index in [1.54, 1.807) is 12.1 Å². The molecule has 0 bridgehead atoms. The number of benzene rings is 2. The molecule has 2 heterocycles. The number of nitrogens with zero attached hydrogens (tertiary/aromatic N) is 2. The van der Waals surface area contributed by atoms with Crippen LogP contribution >= 0.6 is 11.3 Å². The Morgan fingerprint density at radius 2 is 1.75 bits per heavy atom. The summed E-state index contributed by atoms with van der Waals surface area (Å²) in [6.07, 6.45) is 1.40. The zero-order valence-electron chi connectivity index (χ0n) is 18.4. The lowest BCUT2D eigenvalue weighted by atomic mass is 9.87. The van der Waals surface area contributed by atoms with Crippen molar-refractivity contribution in [1.82, 2.24) is 9.55 Å². The molecule has 0 atom stereocenters. The second kappa shape index (κ2) is 8.31. The predicted octanol–water partition coefficient (Wildman–Crippen LogP) is 5.51. The van der Waals surface area contributed by atoms with E-state index in [0.717, 1.165) is 16.0 Å². The zero-order chi connectivity index (χ0) is 23.0. The first kappa shape index (κ1) is 21.9. The van der Waals surface area contributed by atoms with Gasteiger partial charge >= 0.3 is 0 Å². The summed E-state index contributed by atoms with van der Waals surface area (Å²) in [6, 6.07) is 13.7. The fourth-order valence-electron chi connectivity index (χ4n) is 3.62. The van der Waals surface area contributed by atoms with Gasteiger partial charge in [-0.2, -0.15) is 0 Å². The molecule has 2 aromatic carbocycles. The minimum Gasteiger partial charge on any atom is -0.325 e. The van der Waals surface area contributed by atoms with Gasteiger partial charge in [0, 0.05) is 16.1 Å². The molecule has 4 rings (SSSR count). The van der Waals surface area contributed by atoms with E-state index in [9.17, 15) is 14.0 Å². The Morgan fingerprint density at radius 3 is 2.38 bits per heavy atom. The predicted molar refractivity (Wildman–Crippen MR) is 128 cm³/mol. The molecule has 0 unspecified atom stereocenters. The topological polar surface area (TPSA) is 64.0 Å². The van der Waals surface area contributed by atoms with Crippen molar-refractivity contribution in [3.05, 3.63) is 81.5 Å². The molecule has 0 radical (unpaired) electrons. The number of amides is 1. The molecule has 4 aromatic rings. The highest BCUT2D eigenvalue weighted by atomic mass is 32.1. The van der Waals surface area contributed by atoms with Gasteiger partial charge in [0.15, 0.2) is 0 Å². The van der Waals surface area contributed by atoms with E-state index in [1.165, 1.54) is 39.9 Å². The van der Waals surface area contributed by atoms with Crippen LogP contribution in [0.15, 0.2) is 59.7 Å². The van der Waals surface area contributed by atoms with Gasteiger partial charge in [-0.05, 0) is 47.7 Å². The lowest BCUT2D eigenvalue weighted by Gasteiger charge is -2.19. The van der Waals surface area contributed by atoms with Crippen LogP contribution in [0, 0.1) is 12.7 Å². The van der Waals surface area contributed by atoms with Crippen molar-refractivity contribution in [3.8, 4) is 11.1 Å². The van der Waals surface area contributed by atoms with Gasteiger partial charge in [-0.15, -0.1) is 11.3 Å². The number of hydrogen-bond donors (Lipinski definition) is 1. The molecule has 0 aliphatic heterocycles. The number of aromatic nitrogens is 2. The normalized spacial score (nSPS) is 11.7. The Balaban J connectivity index is 1.62. The molecule has 0 spiro atoms. The summed E-state index contributed by atoms with van der Waals surface area (Å²) in [5.74, 6) is -0.652. The van der Waals surface area contributed by atoms with Crippen LogP contribution in [0.3, 0.4) is 0 Å². The van der Waals surface area contributed by atoms with Crippen molar-refractivity contribution < 1.29 is 9.18 Å². The zero-order valence-corrected chi connectivity index (χ0v) is 19.2. The third kappa shape index (κ3) is 4.34. The standard InChI is InChI=1S/C25H24FN3O2S/c1-15-21(16-5-9-18(26)10-6-16)22-23(32-15)27-14-29(24(22)31)13-20(30)28-19-11-7-17(8-12-19)25(2,3)4/h5-12,14H,13H2,1-4H3,(H,28,30). The van der Waals surface area contributed by atoms with E-state index in [4.69, 9.17) is 0 Å². The number of hydrogen-bond acceptors (Lipinski definition) is 4. The number of rotatable bonds is 4. The van der Waals surface area contributed by atoms with E-state index < -0.39 is 0 Å². The minimum atomic E-state index is -0.339. The molecule has 32 heavy (non-hydrogen) atoms. The molecule has 5 nitrogen and oxygen atoms in total. The SMILES string of the molecule is Cc1sc2ncn(CC(=O)Nc3ccc(C(C)(C)C)cc3)c(=O)c2c1-c1ccc(F)cc1. The van der Waals surface area contributed by atoms with Crippen LogP contribution in [-0.2, 0) is 16.8 Å². The van der Waals surface area contributed by atoms with Crippen LogP contribution in [0.4, 0.5) is 10.1 Å². The first-order valence-electron chi connectivity index (χ1n) is 10.3. The van der Waals surface area contributed by atoms with Crippen molar-refractivity contribution in [1.29, 1.82) is 0 Å². The van der Waals surface area contributed by atoms with Crippen LogP contribution in [0.2, 0.25) is 0 Å². The summed E-state index contributed by atoms with van der Waals surface area (Å²) in [7, 11) is 0. The van der Waals surface area contributed by atoms with Crippen molar-refractivity contribution in [2.75, 3.05) is 5.32 Å². The third-order valence-electron chi connectivity index (χ3n) is 5.34. The highest BCUT2D eigenvalue weighted by Gasteiger charge is 2.18. The lowest BCUT2D eigenvalue weighted by molar-refractivity contribution is -0.116. The summed E-state index contributed by atoms with van der Waals surface area (Å²) in [4.78, 5) is 31.7. The molecular weight excluding hydrogens is 425 g/mol. The van der Waals surface area contributed by atoms with Crippen molar-refractivity contribution in [2.45, 2.75) is 39.7 Å². The number of carbonyl (C=O) groups is 1. The molecule has 1 amide bonds. The molecular formula is C25H24FN3O2S. The fourth-order valence-corrected chi connectivity index (χ4v) is 4.63. The molecule has 2 aromatic heterocycles. The molecule has 0 saturated heterocycles. The quantitative estimate of drug-likeness (QED) is 0.447. The monoisotopic (exact) mass is 449 g/mol. The Labute approximate surface area is 189 Å². The summed E-state index contributed by atoms with van der Waals surface area (Å²) in [5, 5.41) is 3.28. The molecule has 7 heteroatoms. The third-order valence-corrected chi connectivity index (χ3v) is 6.35. The number of thiophene rings is 1. The van der Waals surface area contributed by atoms with Crippen LogP contribution in [0.1, 0.15) is 31.2 Å². The van der Waals surface area contributed by atoms with Crippen molar-refractivity contribution in [2.24, 2.45) is 0 Å². The highest BCUT2D eigenvalue weighted by molar-refractivity contribution is 7.19. The van der Waals surface area contributed by atoms with Gasteiger partial charge in [-0.1, -0.05) is 45.0 Å². The molecule has 164 valence electrons. The second-order valence-corrected chi connectivity index (χ2v) is 9.98. The first-order chi connectivity index (χ1) is 15.1. The largest absolute Gasteiger partial charge is 0.325 e. The summed E-state index contributed by atoms with van der Waals surface area (Å²) in [5.41, 5.74) is 3.05. The maximum absolute atomic E-state index is 13.4. The van der Waals surface area contributed by atoms with Gasteiger partial charge in [0.05, 0.1) is 11.7 Å². The Hall–Kier alpha value is -3.32. The highest BCUT2D eigenvalue weighted by Crippen LogP contribution is 2.35. The summed E-state index contributed by atoms with van der Waals surface area (Å²) < 4.78 is 14.7. The van der Waals surface area contributed by atoms with Gasteiger partial charge in [0.1, 0.15) is 17.2 Å². The number of aryl methyl sites for hydroxylation is 1. The van der Waals surface area contributed by atoms with Crippen LogP contribution in [-0.4, -0.2) is 15.5 Å². The van der Waals surface area contributed by atoms with E-state index in [0.29, 0.717) is 15.9 Å². The average Bonchev–Trinajstić information content (AvgIpc) is 3.07. The van der Waals surface area contributed by atoms with Crippen molar-refractivity contribution >= 4 is 33.1 Å². The maximum atomic E-state index is 13.4. The van der Waals surface area contributed by atoms with Crippen LogP contribution < -0.4 is 10.9 Å². The summed E-state index contributed by atoms with van der Waals surface area (Å²) in [6.45, 7) is 8.14. The smallest absolute Gasteiger partial charge is 0.263 e. The average molecular weight is 450 g/mol. The number of nitrogens with one attached hydrogen (secondary N) is 1. The molecule has 0 aliphatic rings. The Kier molecular flexibility index (Phi) is 5.69. The Morgan fingerprint density at radius 1 is 1.09 bits per heavy atom. The maximum Gasteiger partial charge on any atom is 0.263 e. The summed E-state index contributed by atoms with van der Waals surface area (Å²) >= 11 is 1.41. The Bertz CT molecular complexity index is 1350. The van der Waals surface area contributed by atoms with Gasteiger partial charge in [0.25, 0.3) is 5.56 Å². The number of halogens is 1. The lowest BCUT2D eigenvalue weighted by Crippen LogP contribution is -2.27. The van der Waals surface area contributed by atoms with Gasteiger partial charge in [-0.25, -0.2) is 9.37 Å². The van der Waals surface area contributed by atoms with E-state index >= 15 is 0 Å². The van der Waals surface area contributed by atoms with Crippen LogP contribution in [0.5, 0.6) is 0 Å². The molecule has 0 aliphatic carbocycles. The second-order valence-electron chi connectivity index (χ2n) is 8.77. The first-order valence-corrected chi connectivity index (χ1v) is 11.1. The molecule has 0 saturated carbocycles. The van der Waals surface area contributed by atoms with Crippen molar-refractivity contribution in [3.63, 3.8) is 0 Å².